The number of aryl methyl sites for hydroxylation is 1. The minimum Gasteiger partial charge on any atom is -0.437 e. The molecule has 0 amide bonds. The van der Waals surface area contributed by atoms with Crippen LogP contribution in [0.3, 0.4) is 0 Å². The van der Waals surface area contributed by atoms with E-state index in [1.165, 1.54) is 6.20 Å². The van der Waals surface area contributed by atoms with Crippen molar-refractivity contribution in [2.24, 2.45) is 0 Å². The fourth-order valence-corrected chi connectivity index (χ4v) is 1.71. The number of benzene rings is 1. The second-order valence-electron chi connectivity index (χ2n) is 3.89. The van der Waals surface area contributed by atoms with Gasteiger partial charge in [-0.15, -0.1) is 0 Å². The second-order valence-corrected chi connectivity index (χ2v) is 4.27. The Labute approximate surface area is 111 Å². The molecule has 0 aliphatic heterocycles. The molecule has 0 spiro atoms. The van der Waals surface area contributed by atoms with Gasteiger partial charge < -0.3 is 4.74 Å². The summed E-state index contributed by atoms with van der Waals surface area (Å²) < 4.78 is 5.67. The first-order valence-electron chi connectivity index (χ1n) is 5.42. The lowest BCUT2D eigenvalue weighted by molar-refractivity contribution is 0.459. The molecule has 0 fully saturated rings. The first kappa shape index (κ1) is 12.4. The van der Waals surface area contributed by atoms with Gasteiger partial charge in [0.05, 0.1) is 5.56 Å². The van der Waals surface area contributed by atoms with E-state index >= 15 is 0 Å². The maximum atomic E-state index is 8.89. The fourth-order valence-electron chi connectivity index (χ4n) is 1.52. The number of rotatable bonds is 2. The van der Waals surface area contributed by atoms with Crippen molar-refractivity contribution in [2.45, 2.75) is 13.8 Å². The van der Waals surface area contributed by atoms with Gasteiger partial charge in [0, 0.05) is 6.20 Å². The summed E-state index contributed by atoms with van der Waals surface area (Å²) in [5.41, 5.74) is 2.50. The van der Waals surface area contributed by atoms with Crippen molar-refractivity contribution in [1.82, 2.24) is 4.98 Å². The monoisotopic (exact) mass is 258 g/mol. The number of ether oxygens (including phenoxy) is 1. The lowest BCUT2D eigenvalue weighted by Gasteiger charge is -2.10. The third-order valence-corrected chi connectivity index (χ3v) is 3.10. The third kappa shape index (κ3) is 2.29. The molecule has 0 radical (unpaired) electrons. The van der Waals surface area contributed by atoms with E-state index in [2.05, 4.69) is 4.98 Å². The summed E-state index contributed by atoms with van der Waals surface area (Å²) in [5, 5.41) is 9.13. The highest BCUT2D eigenvalue weighted by Gasteiger charge is 2.11. The largest absolute Gasteiger partial charge is 0.437 e. The molecule has 0 N–H and O–H groups in total. The predicted molar refractivity (Wildman–Crippen MR) is 70.0 cm³/mol. The zero-order valence-electron chi connectivity index (χ0n) is 10.1. The Bertz CT molecular complexity index is 632. The Morgan fingerprint density at radius 3 is 2.78 bits per heavy atom. The quantitative estimate of drug-likeness (QED) is 0.817. The van der Waals surface area contributed by atoms with E-state index in [9.17, 15) is 0 Å². The van der Waals surface area contributed by atoms with Gasteiger partial charge in [-0.2, -0.15) is 5.26 Å². The van der Waals surface area contributed by atoms with Gasteiger partial charge in [-0.05, 0) is 37.1 Å². The molecule has 0 bridgehead atoms. The van der Waals surface area contributed by atoms with Gasteiger partial charge in [0.1, 0.15) is 16.8 Å². The van der Waals surface area contributed by atoms with Crippen LogP contribution < -0.4 is 4.74 Å². The maximum Gasteiger partial charge on any atom is 0.239 e. The molecular weight excluding hydrogens is 248 g/mol. The van der Waals surface area contributed by atoms with E-state index in [0.717, 1.165) is 11.1 Å². The Hall–Kier alpha value is -2.05. The molecule has 18 heavy (non-hydrogen) atoms. The SMILES string of the molecule is Cc1cccc(Oc2nccc(C#N)c2Cl)c1C. The summed E-state index contributed by atoms with van der Waals surface area (Å²) in [6.45, 7) is 3.97. The lowest BCUT2D eigenvalue weighted by atomic mass is 10.1. The number of hydrogen-bond donors (Lipinski definition) is 0. The van der Waals surface area contributed by atoms with Gasteiger partial charge in [-0.25, -0.2) is 4.98 Å². The average Bonchev–Trinajstić information content (AvgIpc) is 2.37. The highest BCUT2D eigenvalue weighted by atomic mass is 35.5. The topological polar surface area (TPSA) is 45.9 Å². The summed E-state index contributed by atoms with van der Waals surface area (Å²) in [7, 11) is 0. The van der Waals surface area contributed by atoms with Crippen molar-refractivity contribution in [1.29, 1.82) is 5.26 Å². The minimum atomic E-state index is 0.237. The van der Waals surface area contributed by atoms with Gasteiger partial charge in [0.25, 0.3) is 0 Å². The van der Waals surface area contributed by atoms with Gasteiger partial charge in [0.15, 0.2) is 0 Å². The van der Waals surface area contributed by atoms with Crippen LogP contribution in [0.4, 0.5) is 0 Å². The highest BCUT2D eigenvalue weighted by Crippen LogP contribution is 2.31. The van der Waals surface area contributed by atoms with Crippen LogP contribution in [-0.4, -0.2) is 4.98 Å². The van der Waals surface area contributed by atoms with Crippen LogP contribution in [0.5, 0.6) is 11.6 Å². The molecule has 1 aromatic heterocycles. The Balaban J connectivity index is 2.41. The first-order valence-corrected chi connectivity index (χ1v) is 5.80. The van der Waals surface area contributed by atoms with Crippen molar-refractivity contribution in [3.63, 3.8) is 0 Å². The molecule has 2 rings (SSSR count). The molecular formula is C14H11ClN2O. The summed E-state index contributed by atoms with van der Waals surface area (Å²) in [6.07, 6.45) is 1.50. The molecule has 1 aromatic carbocycles. The van der Waals surface area contributed by atoms with Crippen molar-refractivity contribution in [2.75, 3.05) is 0 Å². The number of pyridine rings is 1. The van der Waals surface area contributed by atoms with Crippen molar-refractivity contribution in [3.8, 4) is 17.7 Å². The normalized spacial score (nSPS) is 9.89. The number of nitrogens with zero attached hydrogens (tertiary/aromatic N) is 2. The third-order valence-electron chi connectivity index (χ3n) is 2.74. The van der Waals surface area contributed by atoms with Crippen LogP contribution in [0.15, 0.2) is 30.5 Å². The molecule has 0 aliphatic carbocycles. The number of aromatic nitrogens is 1. The van der Waals surface area contributed by atoms with Crippen molar-refractivity contribution < 1.29 is 4.74 Å². The van der Waals surface area contributed by atoms with E-state index in [1.54, 1.807) is 6.07 Å². The predicted octanol–water partition coefficient (Wildman–Crippen LogP) is 4.02. The van der Waals surface area contributed by atoms with Crippen LogP contribution in [-0.2, 0) is 0 Å². The van der Waals surface area contributed by atoms with Gasteiger partial charge in [-0.3, -0.25) is 0 Å². The first-order chi connectivity index (χ1) is 8.63. The van der Waals surface area contributed by atoms with E-state index in [4.69, 9.17) is 21.6 Å². The van der Waals surface area contributed by atoms with Crippen molar-refractivity contribution >= 4 is 11.6 Å². The zero-order chi connectivity index (χ0) is 13.1. The number of halogens is 1. The van der Waals surface area contributed by atoms with Gasteiger partial charge in [0.2, 0.25) is 5.88 Å². The molecule has 2 aromatic rings. The van der Waals surface area contributed by atoms with Crippen molar-refractivity contribution in [3.05, 3.63) is 52.2 Å². The molecule has 0 atom stereocenters. The number of nitriles is 1. The smallest absolute Gasteiger partial charge is 0.239 e. The van der Waals surface area contributed by atoms with Crippen LogP contribution in [0, 0.1) is 25.2 Å². The Morgan fingerprint density at radius 1 is 1.28 bits per heavy atom. The molecule has 1 heterocycles. The molecule has 90 valence electrons. The maximum absolute atomic E-state index is 8.89. The van der Waals surface area contributed by atoms with E-state index in [-0.39, 0.29) is 10.9 Å². The molecule has 3 nitrogen and oxygen atoms in total. The molecule has 0 saturated heterocycles. The molecule has 0 unspecified atom stereocenters. The lowest BCUT2D eigenvalue weighted by Crippen LogP contribution is -1.94. The van der Waals surface area contributed by atoms with Crippen LogP contribution in [0.1, 0.15) is 16.7 Å². The highest BCUT2D eigenvalue weighted by molar-refractivity contribution is 6.33. The second kappa shape index (κ2) is 5.07. The summed E-state index contributed by atoms with van der Waals surface area (Å²) in [5.74, 6) is 0.948. The summed E-state index contributed by atoms with van der Waals surface area (Å²) >= 11 is 6.04. The molecule has 4 heteroatoms. The average molecular weight is 259 g/mol. The van der Waals surface area contributed by atoms with E-state index in [1.807, 2.05) is 38.1 Å². The fraction of sp³-hybridized carbons (Fsp3) is 0.143. The Kier molecular flexibility index (Phi) is 3.50. The van der Waals surface area contributed by atoms with Crippen LogP contribution in [0.25, 0.3) is 0 Å². The minimum absolute atomic E-state index is 0.237. The summed E-state index contributed by atoms with van der Waals surface area (Å²) in [6, 6.07) is 9.30. The standard InChI is InChI=1S/C14H11ClN2O/c1-9-4-3-5-12(10(9)2)18-14-13(15)11(8-16)6-7-17-14/h3-7H,1-2H3. The van der Waals surface area contributed by atoms with E-state index in [0.29, 0.717) is 11.3 Å². The Morgan fingerprint density at radius 2 is 2.06 bits per heavy atom. The summed E-state index contributed by atoms with van der Waals surface area (Å²) in [4.78, 5) is 4.05. The molecule has 0 aliphatic rings. The van der Waals surface area contributed by atoms with Crippen LogP contribution >= 0.6 is 11.6 Å². The van der Waals surface area contributed by atoms with Crippen LogP contribution in [0.2, 0.25) is 5.02 Å². The zero-order valence-corrected chi connectivity index (χ0v) is 10.8. The van der Waals surface area contributed by atoms with Gasteiger partial charge >= 0.3 is 0 Å². The van der Waals surface area contributed by atoms with Gasteiger partial charge in [-0.1, -0.05) is 23.7 Å². The number of hydrogen-bond acceptors (Lipinski definition) is 3. The van der Waals surface area contributed by atoms with E-state index < -0.39 is 0 Å². The molecule has 0 saturated carbocycles.